The number of nitrogens with one attached hydrogen (secondary N) is 2. The molecule has 0 aliphatic heterocycles. The number of Topliss-reactive ketones (excluding diaryl/α,β-unsaturated/α-hetero) is 1. The van der Waals surface area contributed by atoms with E-state index in [1.807, 2.05) is 0 Å². The normalized spacial score (nSPS) is 13.3. The van der Waals surface area contributed by atoms with E-state index < -0.39 is 66.0 Å². The highest BCUT2D eigenvalue weighted by Crippen LogP contribution is 2.10. The Morgan fingerprint density at radius 1 is 0.667 bits per heavy atom. The number of alkyl carbamates (subject to hydrolysis) is 2. The molecule has 2 atom stereocenters. The minimum Gasteiger partial charge on any atom is -0.467 e. The van der Waals surface area contributed by atoms with Crippen molar-refractivity contribution < 1.29 is 42.9 Å². The summed E-state index contributed by atoms with van der Waals surface area (Å²) >= 11 is 0. The molecule has 0 saturated carbocycles. The molecule has 2 amide bonds. The summed E-state index contributed by atoms with van der Waals surface area (Å²) in [4.78, 5) is 60.2. The first-order valence-electron chi connectivity index (χ1n) is 9.24. The summed E-state index contributed by atoms with van der Waals surface area (Å²) in [6.07, 6.45) is -2.81. The maximum atomic E-state index is 12.4. The lowest BCUT2D eigenvalue weighted by atomic mass is 10.0. The van der Waals surface area contributed by atoms with E-state index in [1.54, 1.807) is 41.5 Å². The van der Waals surface area contributed by atoms with Crippen molar-refractivity contribution in [1.82, 2.24) is 10.6 Å². The average molecular weight is 432 g/mol. The van der Waals surface area contributed by atoms with E-state index in [0.717, 1.165) is 14.2 Å². The number of carbonyl (C=O) groups is 5. The van der Waals surface area contributed by atoms with Gasteiger partial charge in [-0.3, -0.25) is 4.79 Å². The van der Waals surface area contributed by atoms with Gasteiger partial charge < -0.3 is 29.6 Å². The van der Waals surface area contributed by atoms with Gasteiger partial charge in [0, 0.05) is 12.8 Å². The molecule has 0 rings (SSSR count). The molecule has 0 saturated heterocycles. The van der Waals surface area contributed by atoms with Crippen LogP contribution in [0.4, 0.5) is 9.59 Å². The van der Waals surface area contributed by atoms with E-state index in [0.29, 0.717) is 0 Å². The molecule has 0 aromatic carbocycles. The number of rotatable bonds is 8. The molecule has 0 heterocycles. The van der Waals surface area contributed by atoms with E-state index in [2.05, 4.69) is 20.1 Å². The third-order valence-corrected chi connectivity index (χ3v) is 3.22. The summed E-state index contributed by atoms with van der Waals surface area (Å²) in [7, 11) is 2.19. The zero-order chi connectivity index (χ0) is 23.7. The van der Waals surface area contributed by atoms with Crippen molar-refractivity contribution in [3.05, 3.63) is 0 Å². The Kier molecular flexibility index (Phi) is 10.3. The third kappa shape index (κ3) is 11.9. The predicted molar refractivity (Wildman–Crippen MR) is 105 cm³/mol. The van der Waals surface area contributed by atoms with Crippen LogP contribution in [0.25, 0.3) is 0 Å². The fourth-order valence-electron chi connectivity index (χ4n) is 2.11. The summed E-state index contributed by atoms with van der Waals surface area (Å²) in [6, 6.07) is -2.67. The lowest BCUT2D eigenvalue weighted by molar-refractivity contribution is -0.145. The first kappa shape index (κ1) is 27.1. The standard InChI is InChI=1S/C19H32N2O9/c1-18(2,3)29-16(25)20-12(14(23)27-7)9-11(22)10-13(15(24)28-8)21-17(26)30-19(4,5)6/h12-13H,9-10H2,1-8H3,(H,20,25)(H,21,26)/t12-,13+. The van der Waals surface area contributed by atoms with Gasteiger partial charge in [0.15, 0.2) is 0 Å². The average Bonchev–Trinajstić information content (AvgIpc) is 2.55. The zero-order valence-electron chi connectivity index (χ0n) is 18.7. The van der Waals surface area contributed by atoms with Crippen molar-refractivity contribution in [2.75, 3.05) is 14.2 Å². The summed E-state index contributed by atoms with van der Waals surface area (Å²) < 4.78 is 19.3. The number of ether oxygens (including phenoxy) is 4. The van der Waals surface area contributed by atoms with Crippen LogP contribution >= 0.6 is 0 Å². The quantitative estimate of drug-likeness (QED) is 0.430. The van der Waals surface area contributed by atoms with E-state index in [-0.39, 0.29) is 0 Å². The van der Waals surface area contributed by atoms with E-state index in [9.17, 15) is 24.0 Å². The van der Waals surface area contributed by atoms with Crippen LogP contribution in [0.3, 0.4) is 0 Å². The van der Waals surface area contributed by atoms with E-state index in [1.165, 1.54) is 0 Å². The Morgan fingerprint density at radius 3 is 1.20 bits per heavy atom. The van der Waals surface area contributed by atoms with Gasteiger partial charge in [0.2, 0.25) is 0 Å². The van der Waals surface area contributed by atoms with Gasteiger partial charge in [0.05, 0.1) is 14.2 Å². The molecule has 0 fully saturated rings. The van der Waals surface area contributed by atoms with Crippen LogP contribution in [0.5, 0.6) is 0 Å². The second kappa shape index (κ2) is 11.4. The van der Waals surface area contributed by atoms with Crippen molar-refractivity contribution in [2.45, 2.75) is 77.7 Å². The van der Waals surface area contributed by atoms with Crippen LogP contribution in [0.2, 0.25) is 0 Å². The highest BCUT2D eigenvalue weighted by molar-refractivity contribution is 5.92. The number of hydrogen-bond acceptors (Lipinski definition) is 9. The maximum Gasteiger partial charge on any atom is 0.408 e. The second-order valence-corrected chi connectivity index (χ2v) is 8.39. The number of ketones is 1. The van der Waals surface area contributed by atoms with Crippen molar-refractivity contribution in [3.63, 3.8) is 0 Å². The number of methoxy groups -OCH3 is 2. The van der Waals surface area contributed by atoms with Crippen LogP contribution < -0.4 is 10.6 Å². The second-order valence-electron chi connectivity index (χ2n) is 8.39. The minimum atomic E-state index is -1.34. The molecule has 0 radical (unpaired) electrons. The SMILES string of the molecule is COC(=O)[C@H](CC(=O)C[C@@H](NC(=O)OC(C)(C)C)C(=O)OC)NC(=O)OC(C)(C)C. The molecule has 0 unspecified atom stereocenters. The molecule has 0 aromatic heterocycles. The fraction of sp³-hybridized carbons (Fsp3) is 0.737. The van der Waals surface area contributed by atoms with Gasteiger partial charge in [0.25, 0.3) is 0 Å². The number of amides is 2. The molecule has 0 aliphatic rings. The molecule has 0 bridgehead atoms. The van der Waals surface area contributed by atoms with Gasteiger partial charge in [-0.15, -0.1) is 0 Å². The highest BCUT2D eigenvalue weighted by atomic mass is 16.6. The Bertz CT molecular complexity index is 593. The summed E-state index contributed by atoms with van der Waals surface area (Å²) in [6.45, 7) is 9.80. The summed E-state index contributed by atoms with van der Waals surface area (Å²) in [5, 5.41) is 4.52. The van der Waals surface area contributed by atoms with E-state index >= 15 is 0 Å². The number of esters is 2. The van der Waals surface area contributed by atoms with Gasteiger partial charge in [-0.05, 0) is 41.5 Å². The Hall–Kier alpha value is -2.85. The molecule has 11 heteroatoms. The van der Waals surface area contributed by atoms with Crippen molar-refractivity contribution in [1.29, 1.82) is 0 Å². The lowest BCUT2D eigenvalue weighted by Gasteiger charge is -2.23. The smallest absolute Gasteiger partial charge is 0.408 e. The minimum absolute atomic E-state index is 0.491. The Morgan fingerprint density at radius 2 is 0.967 bits per heavy atom. The molecule has 2 N–H and O–H groups in total. The number of hydrogen-bond donors (Lipinski definition) is 2. The van der Waals surface area contributed by atoms with Crippen LogP contribution in [0.15, 0.2) is 0 Å². The topological polar surface area (TPSA) is 146 Å². The Labute approximate surface area is 176 Å². The maximum absolute atomic E-state index is 12.4. The fourth-order valence-corrected chi connectivity index (χ4v) is 2.11. The molecule has 11 nitrogen and oxygen atoms in total. The van der Waals surface area contributed by atoms with Gasteiger partial charge in [0.1, 0.15) is 29.1 Å². The molecular weight excluding hydrogens is 400 g/mol. The van der Waals surface area contributed by atoms with Crippen LogP contribution in [0, 0.1) is 0 Å². The number of carbonyl (C=O) groups excluding carboxylic acids is 5. The molecule has 0 aliphatic carbocycles. The molecule has 172 valence electrons. The predicted octanol–water partition coefficient (Wildman–Crippen LogP) is 1.47. The first-order valence-corrected chi connectivity index (χ1v) is 9.24. The Balaban J connectivity index is 5.16. The van der Waals surface area contributed by atoms with Gasteiger partial charge >= 0.3 is 24.1 Å². The molecular formula is C19H32N2O9. The zero-order valence-corrected chi connectivity index (χ0v) is 18.7. The largest absolute Gasteiger partial charge is 0.467 e. The third-order valence-electron chi connectivity index (χ3n) is 3.22. The molecule has 30 heavy (non-hydrogen) atoms. The van der Waals surface area contributed by atoms with E-state index in [4.69, 9.17) is 9.47 Å². The molecule has 0 aromatic rings. The van der Waals surface area contributed by atoms with Crippen molar-refractivity contribution in [2.24, 2.45) is 0 Å². The van der Waals surface area contributed by atoms with Crippen molar-refractivity contribution >= 4 is 29.9 Å². The summed E-state index contributed by atoms with van der Waals surface area (Å²) in [5.41, 5.74) is -1.63. The van der Waals surface area contributed by atoms with Crippen LogP contribution in [-0.2, 0) is 33.3 Å². The summed E-state index contributed by atoms with van der Waals surface area (Å²) in [5.74, 6) is -2.36. The van der Waals surface area contributed by atoms with Crippen LogP contribution in [-0.4, -0.2) is 67.4 Å². The van der Waals surface area contributed by atoms with Gasteiger partial charge in [-0.2, -0.15) is 0 Å². The van der Waals surface area contributed by atoms with Crippen LogP contribution in [0.1, 0.15) is 54.4 Å². The monoisotopic (exact) mass is 432 g/mol. The lowest BCUT2D eigenvalue weighted by Crippen LogP contribution is -2.47. The first-order chi connectivity index (χ1) is 13.6. The van der Waals surface area contributed by atoms with Crippen molar-refractivity contribution in [3.8, 4) is 0 Å². The highest BCUT2D eigenvalue weighted by Gasteiger charge is 2.31. The van der Waals surface area contributed by atoms with Gasteiger partial charge in [-0.25, -0.2) is 19.2 Å². The van der Waals surface area contributed by atoms with Gasteiger partial charge in [-0.1, -0.05) is 0 Å². The molecule has 0 spiro atoms.